The van der Waals surface area contributed by atoms with Crippen LogP contribution in [0.4, 0.5) is 5.13 Å². The molecule has 0 saturated heterocycles. The van der Waals surface area contributed by atoms with Gasteiger partial charge in [0.25, 0.3) is 5.91 Å². The predicted molar refractivity (Wildman–Crippen MR) is 76.0 cm³/mol. The third-order valence-electron chi connectivity index (χ3n) is 3.08. The minimum absolute atomic E-state index is 0.260. The molecule has 0 fully saturated rings. The Balaban J connectivity index is 1.80. The monoisotopic (exact) mass is 293 g/mol. The first-order valence-electron chi connectivity index (χ1n) is 6.13. The van der Waals surface area contributed by atoms with Crippen LogP contribution in [0, 0.1) is 0 Å². The highest BCUT2D eigenvalue weighted by molar-refractivity contribution is 7.15. The van der Waals surface area contributed by atoms with Crippen LogP contribution < -0.4 is 5.32 Å². The van der Waals surface area contributed by atoms with Crippen molar-refractivity contribution in [3.05, 3.63) is 39.6 Å². The quantitative estimate of drug-likeness (QED) is 0.924. The third kappa shape index (κ3) is 2.62. The van der Waals surface area contributed by atoms with Crippen LogP contribution >= 0.6 is 22.9 Å². The molecule has 2 aromatic rings. The van der Waals surface area contributed by atoms with Gasteiger partial charge >= 0.3 is 0 Å². The summed E-state index contributed by atoms with van der Waals surface area (Å²) in [4.78, 5) is 21.7. The lowest BCUT2D eigenvalue weighted by Crippen LogP contribution is -2.12. The van der Waals surface area contributed by atoms with Crippen LogP contribution in [-0.2, 0) is 12.8 Å². The Morgan fingerprint density at radius 1 is 1.37 bits per heavy atom. The minimum Gasteiger partial charge on any atom is -0.298 e. The molecule has 0 aromatic carbocycles. The maximum Gasteiger partial charge on any atom is 0.260 e. The SMILES string of the molecule is O=C(Nc1nc2c(s1)CCCC2)c1cnccc1Cl. The summed E-state index contributed by atoms with van der Waals surface area (Å²) in [5.74, 6) is -0.260. The number of anilines is 1. The molecule has 6 heteroatoms. The van der Waals surface area contributed by atoms with Gasteiger partial charge < -0.3 is 0 Å². The molecule has 0 bridgehead atoms. The molecule has 0 radical (unpaired) electrons. The van der Waals surface area contributed by atoms with Crippen molar-refractivity contribution < 1.29 is 4.79 Å². The number of halogens is 1. The van der Waals surface area contributed by atoms with Gasteiger partial charge in [0.15, 0.2) is 5.13 Å². The van der Waals surface area contributed by atoms with Gasteiger partial charge in [-0.2, -0.15) is 0 Å². The van der Waals surface area contributed by atoms with E-state index in [2.05, 4.69) is 15.3 Å². The number of carbonyl (C=O) groups is 1. The topological polar surface area (TPSA) is 54.9 Å². The highest BCUT2D eigenvalue weighted by Crippen LogP contribution is 2.30. The van der Waals surface area contributed by atoms with E-state index in [0.717, 1.165) is 18.5 Å². The Bertz CT molecular complexity index is 603. The van der Waals surface area contributed by atoms with Crippen LogP contribution in [0.1, 0.15) is 33.8 Å². The standard InChI is InChI=1S/C13H12ClN3OS/c14-9-5-6-15-7-8(9)12(18)17-13-16-10-3-1-2-4-11(10)19-13/h5-7H,1-4H2,(H,16,17,18). The van der Waals surface area contributed by atoms with Crippen LogP contribution in [0.25, 0.3) is 0 Å². The summed E-state index contributed by atoms with van der Waals surface area (Å²) in [7, 11) is 0. The molecule has 1 aliphatic rings. The van der Waals surface area contributed by atoms with Gasteiger partial charge in [-0.1, -0.05) is 11.6 Å². The van der Waals surface area contributed by atoms with E-state index in [0.29, 0.717) is 15.7 Å². The Hall–Kier alpha value is -1.46. The molecule has 0 spiro atoms. The zero-order valence-corrected chi connectivity index (χ0v) is 11.7. The lowest BCUT2D eigenvalue weighted by atomic mass is 10.0. The van der Waals surface area contributed by atoms with E-state index in [1.54, 1.807) is 23.6 Å². The molecule has 98 valence electrons. The van der Waals surface area contributed by atoms with Crippen LogP contribution in [0.2, 0.25) is 5.02 Å². The Morgan fingerprint density at radius 2 is 2.21 bits per heavy atom. The summed E-state index contributed by atoms with van der Waals surface area (Å²) in [6.45, 7) is 0. The summed E-state index contributed by atoms with van der Waals surface area (Å²) in [5, 5.41) is 3.85. The Labute approximate surface area is 119 Å². The number of aromatic nitrogens is 2. The molecular formula is C13H12ClN3OS. The second-order valence-electron chi connectivity index (χ2n) is 4.41. The number of aryl methyl sites for hydroxylation is 2. The smallest absolute Gasteiger partial charge is 0.260 e. The number of hydrogen-bond donors (Lipinski definition) is 1. The van der Waals surface area contributed by atoms with Gasteiger partial charge in [-0.25, -0.2) is 4.98 Å². The molecule has 1 N–H and O–H groups in total. The Kier molecular flexibility index (Phi) is 3.48. The second-order valence-corrected chi connectivity index (χ2v) is 5.90. The van der Waals surface area contributed by atoms with Gasteiger partial charge in [0.1, 0.15) is 0 Å². The summed E-state index contributed by atoms with van der Waals surface area (Å²) in [6, 6.07) is 1.60. The molecule has 1 aliphatic carbocycles. The largest absolute Gasteiger partial charge is 0.298 e. The number of rotatable bonds is 2. The second kappa shape index (κ2) is 5.27. The molecule has 0 unspecified atom stereocenters. The number of nitrogens with one attached hydrogen (secondary N) is 1. The number of amides is 1. The minimum atomic E-state index is -0.260. The van der Waals surface area contributed by atoms with Gasteiger partial charge in [-0.3, -0.25) is 15.1 Å². The zero-order valence-electron chi connectivity index (χ0n) is 10.1. The highest BCUT2D eigenvalue weighted by atomic mass is 35.5. The molecule has 0 aliphatic heterocycles. The number of fused-ring (bicyclic) bond motifs is 1. The van der Waals surface area contributed by atoms with Crippen molar-refractivity contribution in [2.45, 2.75) is 25.7 Å². The van der Waals surface area contributed by atoms with Crippen molar-refractivity contribution in [3.63, 3.8) is 0 Å². The molecule has 0 atom stereocenters. The summed E-state index contributed by atoms with van der Waals surface area (Å²) in [6.07, 6.45) is 7.48. The van der Waals surface area contributed by atoms with E-state index in [-0.39, 0.29) is 5.91 Å². The lowest BCUT2D eigenvalue weighted by Gasteiger charge is -2.06. The van der Waals surface area contributed by atoms with Crippen molar-refractivity contribution in [2.24, 2.45) is 0 Å². The van der Waals surface area contributed by atoms with Gasteiger partial charge in [-0.05, 0) is 31.7 Å². The number of pyridine rings is 1. The number of hydrogen-bond acceptors (Lipinski definition) is 4. The summed E-state index contributed by atoms with van der Waals surface area (Å²) >= 11 is 7.53. The first kappa shape index (κ1) is 12.6. The van der Waals surface area contributed by atoms with Crippen LogP contribution in [0.5, 0.6) is 0 Å². The summed E-state index contributed by atoms with van der Waals surface area (Å²) in [5.41, 5.74) is 1.50. The highest BCUT2D eigenvalue weighted by Gasteiger charge is 2.17. The maximum absolute atomic E-state index is 12.1. The van der Waals surface area contributed by atoms with Gasteiger partial charge in [-0.15, -0.1) is 11.3 Å². The van der Waals surface area contributed by atoms with E-state index in [1.807, 2.05) is 0 Å². The van der Waals surface area contributed by atoms with Gasteiger partial charge in [0.05, 0.1) is 16.3 Å². The number of thiazole rings is 1. The van der Waals surface area contributed by atoms with E-state index >= 15 is 0 Å². The van der Waals surface area contributed by atoms with Gasteiger partial charge in [0.2, 0.25) is 0 Å². The average Bonchev–Trinajstić information content (AvgIpc) is 2.81. The van der Waals surface area contributed by atoms with Crippen molar-refractivity contribution >= 4 is 34.0 Å². The lowest BCUT2D eigenvalue weighted by molar-refractivity contribution is 0.102. The van der Waals surface area contributed by atoms with Crippen molar-refractivity contribution in [1.29, 1.82) is 0 Å². The maximum atomic E-state index is 12.1. The molecule has 3 rings (SSSR count). The van der Waals surface area contributed by atoms with E-state index in [9.17, 15) is 4.79 Å². The summed E-state index contributed by atoms with van der Waals surface area (Å²) < 4.78 is 0. The van der Waals surface area contributed by atoms with E-state index in [4.69, 9.17) is 11.6 Å². The van der Waals surface area contributed by atoms with Crippen molar-refractivity contribution in [1.82, 2.24) is 9.97 Å². The molecular weight excluding hydrogens is 282 g/mol. The number of carbonyl (C=O) groups excluding carboxylic acids is 1. The van der Waals surface area contributed by atoms with Crippen LogP contribution in [-0.4, -0.2) is 15.9 Å². The van der Waals surface area contributed by atoms with E-state index in [1.165, 1.54) is 23.9 Å². The predicted octanol–water partition coefficient (Wildman–Crippen LogP) is 3.32. The third-order valence-corrected chi connectivity index (χ3v) is 4.48. The molecule has 1 amide bonds. The first-order chi connectivity index (χ1) is 9.24. The molecule has 2 aromatic heterocycles. The Morgan fingerprint density at radius 3 is 3.00 bits per heavy atom. The zero-order chi connectivity index (χ0) is 13.2. The van der Waals surface area contributed by atoms with Gasteiger partial charge in [0, 0.05) is 17.3 Å². The molecule has 19 heavy (non-hydrogen) atoms. The average molecular weight is 294 g/mol. The van der Waals surface area contributed by atoms with Crippen LogP contribution in [0.15, 0.2) is 18.5 Å². The molecule has 0 saturated carbocycles. The van der Waals surface area contributed by atoms with E-state index < -0.39 is 0 Å². The molecule has 2 heterocycles. The number of nitrogens with zero attached hydrogens (tertiary/aromatic N) is 2. The van der Waals surface area contributed by atoms with Crippen molar-refractivity contribution in [3.8, 4) is 0 Å². The fourth-order valence-electron chi connectivity index (χ4n) is 2.11. The van der Waals surface area contributed by atoms with Crippen molar-refractivity contribution in [2.75, 3.05) is 5.32 Å². The first-order valence-corrected chi connectivity index (χ1v) is 7.33. The fraction of sp³-hybridized carbons (Fsp3) is 0.308. The fourth-order valence-corrected chi connectivity index (χ4v) is 3.35. The molecule has 4 nitrogen and oxygen atoms in total. The normalized spacial score (nSPS) is 13.9. The van der Waals surface area contributed by atoms with Crippen LogP contribution in [0.3, 0.4) is 0 Å².